The van der Waals surface area contributed by atoms with Gasteiger partial charge in [-0.2, -0.15) is 0 Å². The van der Waals surface area contributed by atoms with E-state index in [1.165, 1.54) is 0 Å². The molecule has 5 atom stereocenters. The van der Waals surface area contributed by atoms with E-state index >= 15 is 0 Å². The van der Waals surface area contributed by atoms with Gasteiger partial charge in [0.1, 0.15) is 36.3 Å². The first kappa shape index (κ1) is 32.8. The molecule has 5 unspecified atom stereocenters. The number of benzene rings is 2. The maximum atomic E-state index is 11.4. The van der Waals surface area contributed by atoms with Gasteiger partial charge in [-0.05, 0) is 67.5 Å². The molecule has 0 saturated carbocycles. The molecule has 1 fully saturated rings. The summed E-state index contributed by atoms with van der Waals surface area (Å²) in [7, 11) is 0. The lowest BCUT2D eigenvalue weighted by Crippen LogP contribution is -2.57. The minimum atomic E-state index is -0.850. The van der Waals surface area contributed by atoms with Crippen molar-refractivity contribution in [2.75, 3.05) is 33.0 Å². The van der Waals surface area contributed by atoms with Gasteiger partial charge in [0.15, 0.2) is 0 Å². The Labute approximate surface area is 246 Å². The van der Waals surface area contributed by atoms with E-state index in [-0.39, 0.29) is 0 Å². The zero-order valence-electron chi connectivity index (χ0n) is 24.8. The van der Waals surface area contributed by atoms with Crippen molar-refractivity contribution in [3.05, 3.63) is 64.2 Å². The third-order valence-electron chi connectivity index (χ3n) is 7.23. The summed E-state index contributed by atoms with van der Waals surface area (Å²) in [6, 6.07) is 14.1. The van der Waals surface area contributed by atoms with Gasteiger partial charge in [-0.1, -0.05) is 75.9 Å². The third kappa shape index (κ3) is 9.71. The lowest BCUT2D eigenvalue weighted by Gasteiger charge is -2.45. The van der Waals surface area contributed by atoms with Gasteiger partial charge in [0.05, 0.1) is 13.2 Å². The van der Waals surface area contributed by atoms with Gasteiger partial charge in [-0.15, -0.1) is 0 Å². The predicted octanol–water partition coefficient (Wildman–Crippen LogP) is 7.32. The van der Waals surface area contributed by atoms with E-state index in [2.05, 4.69) is 39.0 Å². The molecule has 0 aliphatic carbocycles. The van der Waals surface area contributed by atoms with Crippen LogP contribution in [0.3, 0.4) is 0 Å². The highest BCUT2D eigenvalue weighted by Gasteiger charge is 2.47. The second kappa shape index (κ2) is 18.0. The predicted molar refractivity (Wildman–Crippen MR) is 161 cm³/mol. The van der Waals surface area contributed by atoms with Crippen LogP contribution in [0.15, 0.2) is 42.5 Å². The molecule has 0 amide bonds. The van der Waals surface area contributed by atoms with Crippen LogP contribution in [0.4, 0.5) is 0 Å². The molecule has 7 heteroatoms. The van der Waals surface area contributed by atoms with E-state index in [0.29, 0.717) is 44.5 Å². The number of hydrogen-bond acceptors (Lipinski definition) is 6. The average molecular weight is 577 g/mol. The topological polar surface area (TPSA) is 66.4 Å². The Hall–Kier alpha value is -1.67. The van der Waals surface area contributed by atoms with Crippen molar-refractivity contribution in [1.82, 2.24) is 0 Å². The fourth-order valence-corrected chi connectivity index (χ4v) is 5.06. The standard InChI is InChI=1S/C33H49ClO6/c1-5-9-18-36-23-29-30(35)32(38-19-10-6-2)33(39-20-11-7-3)31(40-29)25-14-17-28(34)26(22-25)21-24-12-15-27(16-13-24)37-8-4/h12-17,22,29-33,35H,5-11,18-21,23H2,1-4H3. The van der Waals surface area contributed by atoms with Gasteiger partial charge < -0.3 is 28.8 Å². The van der Waals surface area contributed by atoms with Gasteiger partial charge in [0.25, 0.3) is 0 Å². The molecule has 0 bridgehead atoms. The zero-order chi connectivity index (χ0) is 28.7. The van der Waals surface area contributed by atoms with Crippen LogP contribution in [0.25, 0.3) is 0 Å². The summed E-state index contributed by atoms with van der Waals surface area (Å²) in [5.41, 5.74) is 3.10. The smallest absolute Gasteiger partial charge is 0.119 e. The van der Waals surface area contributed by atoms with E-state index in [1.54, 1.807) is 0 Å². The minimum absolute atomic E-state index is 0.305. The van der Waals surface area contributed by atoms with E-state index in [4.69, 9.17) is 35.3 Å². The average Bonchev–Trinajstić information content (AvgIpc) is 2.96. The Balaban J connectivity index is 1.89. The molecule has 2 aromatic rings. The fraction of sp³-hybridized carbons (Fsp3) is 0.636. The summed E-state index contributed by atoms with van der Waals surface area (Å²) in [5, 5.41) is 12.1. The number of rotatable bonds is 18. The number of aliphatic hydroxyl groups excluding tert-OH is 1. The van der Waals surface area contributed by atoms with E-state index in [9.17, 15) is 5.11 Å². The van der Waals surface area contributed by atoms with Crippen LogP contribution >= 0.6 is 11.6 Å². The van der Waals surface area contributed by atoms with Crippen LogP contribution in [0.1, 0.15) is 89.0 Å². The molecule has 0 radical (unpaired) electrons. The minimum Gasteiger partial charge on any atom is -0.494 e. The molecule has 0 spiro atoms. The summed E-state index contributed by atoms with van der Waals surface area (Å²) in [6.45, 7) is 11.1. The maximum Gasteiger partial charge on any atom is 0.119 e. The molecular weight excluding hydrogens is 528 g/mol. The zero-order valence-corrected chi connectivity index (χ0v) is 25.5. The molecule has 1 saturated heterocycles. The van der Waals surface area contributed by atoms with Crippen LogP contribution in [0.5, 0.6) is 5.75 Å². The second-order valence-electron chi connectivity index (χ2n) is 10.5. The summed E-state index contributed by atoms with van der Waals surface area (Å²) in [6.07, 6.45) is 3.79. The van der Waals surface area contributed by atoms with Crippen molar-refractivity contribution in [3.8, 4) is 5.75 Å². The lowest BCUT2D eigenvalue weighted by molar-refractivity contribution is -0.258. The Bertz CT molecular complexity index is 968. The van der Waals surface area contributed by atoms with Crippen molar-refractivity contribution >= 4 is 11.6 Å². The SMILES string of the molecule is CCCCOCC1OC(c2ccc(Cl)c(Cc3ccc(OCC)cc3)c2)C(OCCCC)C(OCCCC)C1O. The molecular formula is C33H49ClO6. The van der Waals surface area contributed by atoms with Crippen LogP contribution < -0.4 is 4.74 Å². The van der Waals surface area contributed by atoms with Crippen LogP contribution in [-0.2, 0) is 25.4 Å². The fourth-order valence-electron chi connectivity index (χ4n) is 4.88. The number of unbranched alkanes of at least 4 members (excludes halogenated alkanes) is 3. The third-order valence-corrected chi connectivity index (χ3v) is 7.60. The van der Waals surface area contributed by atoms with Gasteiger partial charge in [0, 0.05) is 24.8 Å². The highest BCUT2D eigenvalue weighted by atomic mass is 35.5. The van der Waals surface area contributed by atoms with Gasteiger partial charge in [-0.3, -0.25) is 0 Å². The lowest BCUT2D eigenvalue weighted by atomic mass is 9.89. The monoisotopic (exact) mass is 576 g/mol. The number of ether oxygens (including phenoxy) is 5. The molecule has 40 heavy (non-hydrogen) atoms. The number of aliphatic hydroxyl groups is 1. The highest BCUT2D eigenvalue weighted by Crippen LogP contribution is 2.38. The van der Waals surface area contributed by atoms with Crippen LogP contribution in [-0.4, -0.2) is 62.6 Å². The van der Waals surface area contributed by atoms with Crippen molar-refractivity contribution in [1.29, 1.82) is 0 Å². The van der Waals surface area contributed by atoms with E-state index in [1.807, 2.05) is 31.2 Å². The van der Waals surface area contributed by atoms with Crippen molar-refractivity contribution < 1.29 is 28.8 Å². The molecule has 1 aliphatic heterocycles. The molecule has 1 heterocycles. The second-order valence-corrected chi connectivity index (χ2v) is 10.9. The Kier molecular flexibility index (Phi) is 14.8. The summed E-state index contributed by atoms with van der Waals surface area (Å²) >= 11 is 6.69. The summed E-state index contributed by atoms with van der Waals surface area (Å²) in [4.78, 5) is 0. The first-order valence-corrected chi connectivity index (χ1v) is 15.5. The number of hydrogen-bond donors (Lipinski definition) is 1. The molecule has 224 valence electrons. The molecule has 1 N–H and O–H groups in total. The Morgan fingerprint density at radius 1 is 0.825 bits per heavy atom. The summed E-state index contributed by atoms with van der Waals surface area (Å²) < 4.78 is 30.8. The van der Waals surface area contributed by atoms with Crippen LogP contribution in [0.2, 0.25) is 5.02 Å². The van der Waals surface area contributed by atoms with E-state index < -0.39 is 30.5 Å². The first-order chi connectivity index (χ1) is 19.5. The molecule has 3 rings (SSSR count). The molecule has 6 nitrogen and oxygen atoms in total. The largest absolute Gasteiger partial charge is 0.494 e. The Morgan fingerprint density at radius 3 is 2.12 bits per heavy atom. The van der Waals surface area contributed by atoms with Crippen LogP contribution in [0, 0.1) is 0 Å². The Morgan fingerprint density at radius 2 is 1.48 bits per heavy atom. The molecule has 2 aromatic carbocycles. The highest BCUT2D eigenvalue weighted by molar-refractivity contribution is 6.31. The van der Waals surface area contributed by atoms with Gasteiger partial charge in [0.2, 0.25) is 0 Å². The van der Waals surface area contributed by atoms with Crippen molar-refractivity contribution in [3.63, 3.8) is 0 Å². The molecule has 0 aromatic heterocycles. The number of halogens is 1. The normalized spacial score (nSPS) is 22.9. The van der Waals surface area contributed by atoms with E-state index in [0.717, 1.165) is 61.0 Å². The summed E-state index contributed by atoms with van der Waals surface area (Å²) in [5.74, 6) is 0.855. The molecule has 1 aliphatic rings. The van der Waals surface area contributed by atoms with Crippen molar-refractivity contribution in [2.24, 2.45) is 0 Å². The quantitative estimate of drug-likeness (QED) is 0.188. The van der Waals surface area contributed by atoms with Gasteiger partial charge >= 0.3 is 0 Å². The van der Waals surface area contributed by atoms with Crippen molar-refractivity contribution in [2.45, 2.75) is 103 Å². The van der Waals surface area contributed by atoms with Gasteiger partial charge in [-0.25, -0.2) is 0 Å². The maximum absolute atomic E-state index is 11.4. The first-order valence-electron chi connectivity index (χ1n) is 15.2.